The van der Waals surface area contributed by atoms with Crippen LogP contribution < -0.4 is 15.2 Å². The zero-order valence-corrected chi connectivity index (χ0v) is 12.1. The average molecular weight is 348 g/mol. The standard InChI is InChI=1S/C9H9ClF3N3O2S2/c10-6-2-1-5(8(14)19)3-7(6)16-20(17,18)15-4-9(11,12)13/h1-3,15-16H,4H2,(H2,14,19). The molecular weight excluding hydrogens is 339 g/mol. The van der Waals surface area contributed by atoms with Crippen molar-refractivity contribution in [2.45, 2.75) is 6.18 Å². The van der Waals surface area contributed by atoms with E-state index in [4.69, 9.17) is 29.6 Å². The van der Waals surface area contributed by atoms with Gasteiger partial charge in [-0.05, 0) is 12.1 Å². The third kappa shape index (κ3) is 5.49. The molecule has 0 atom stereocenters. The van der Waals surface area contributed by atoms with Crippen molar-refractivity contribution in [2.24, 2.45) is 5.73 Å². The summed E-state index contributed by atoms with van der Waals surface area (Å²) in [6, 6.07) is 3.99. The first kappa shape index (κ1) is 17.0. The Labute approximate surface area is 123 Å². The second kappa shape index (κ2) is 6.12. The molecule has 4 N–H and O–H groups in total. The molecule has 0 saturated carbocycles. The second-order valence-corrected chi connectivity index (χ2v) is 5.95. The van der Waals surface area contributed by atoms with Crippen LogP contribution in [0, 0.1) is 0 Å². The summed E-state index contributed by atoms with van der Waals surface area (Å²) >= 11 is 10.4. The summed E-state index contributed by atoms with van der Waals surface area (Å²) in [6.45, 7) is -1.70. The van der Waals surface area contributed by atoms with E-state index in [1.807, 2.05) is 4.72 Å². The molecule has 0 aliphatic heterocycles. The van der Waals surface area contributed by atoms with Crippen LogP contribution in [-0.2, 0) is 10.2 Å². The van der Waals surface area contributed by atoms with Crippen molar-refractivity contribution in [3.05, 3.63) is 28.8 Å². The van der Waals surface area contributed by atoms with Gasteiger partial charge in [0.2, 0.25) is 0 Å². The highest BCUT2D eigenvalue weighted by molar-refractivity contribution is 7.90. The Kier molecular flexibility index (Phi) is 5.19. The molecule has 1 aromatic carbocycles. The molecule has 1 aromatic rings. The third-order valence-electron chi connectivity index (χ3n) is 1.96. The second-order valence-electron chi connectivity index (χ2n) is 3.60. The molecule has 0 bridgehead atoms. The van der Waals surface area contributed by atoms with Crippen LogP contribution in [0.2, 0.25) is 5.02 Å². The van der Waals surface area contributed by atoms with E-state index in [1.165, 1.54) is 22.9 Å². The van der Waals surface area contributed by atoms with Crippen molar-refractivity contribution in [3.63, 3.8) is 0 Å². The van der Waals surface area contributed by atoms with Crippen LogP contribution in [0.25, 0.3) is 0 Å². The average Bonchev–Trinajstić information content (AvgIpc) is 2.28. The van der Waals surface area contributed by atoms with Crippen molar-refractivity contribution in [1.82, 2.24) is 4.72 Å². The lowest BCUT2D eigenvalue weighted by Crippen LogP contribution is -2.37. The smallest absolute Gasteiger partial charge is 0.389 e. The minimum Gasteiger partial charge on any atom is -0.389 e. The molecule has 1 rings (SSSR count). The topological polar surface area (TPSA) is 84.2 Å². The number of halogens is 4. The van der Waals surface area contributed by atoms with Gasteiger partial charge in [0.15, 0.2) is 0 Å². The quantitative estimate of drug-likeness (QED) is 0.709. The fourth-order valence-corrected chi connectivity index (χ4v) is 2.35. The highest BCUT2D eigenvalue weighted by Crippen LogP contribution is 2.24. The highest BCUT2D eigenvalue weighted by Gasteiger charge is 2.29. The number of alkyl halides is 3. The number of hydrogen-bond acceptors (Lipinski definition) is 3. The SMILES string of the molecule is NC(=S)c1ccc(Cl)c(NS(=O)(=O)NCC(F)(F)F)c1. The number of nitrogens with two attached hydrogens (primary N) is 1. The Balaban J connectivity index is 2.92. The van der Waals surface area contributed by atoms with E-state index in [1.54, 1.807) is 0 Å². The van der Waals surface area contributed by atoms with Crippen LogP contribution >= 0.6 is 23.8 Å². The monoisotopic (exact) mass is 347 g/mol. The summed E-state index contributed by atoms with van der Waals surface area (Å²) in [6.07, 6.45) is -4.67. The molecule has 0 fully saturated rings. The van der Waals surface area contributed by atoms with E-state index in [9.17, 15) is 21.6 Å². The Morgan fingerprint density at radius 3 is 2.50 bits per heavy atom. The van der Waals surface area contributed by atoms with Crippen LogP contribution in [0.15, 0.2) is 18.2 Å². The van der Waals surface area contributed by atoms with Crippen LogP contribution in [0.3, 0.4) is 0 Å². The molecular formula is C9H9ClF3N3O2S2. The normalized spacial score (nSPS) is 12.2. The zero-order chi connectivity index (χ0) is 15.6. The fourth-order valence-electron chi connectivity index (χ4n) is 1.11. The number of hydrogen-bond donors (Lipinski definition) is 3. The van der Waals surface area contributed by atoms with Crippen molar-refractivity contribution in [3.8, 4) is 0 Å². The van der Waals surface area contributed by atoms with Gasteiger partial charge < -0.3 is 5.73 Å². The van der Waals surface area contributed by atoms with Crippen LogP contribution in [0.5, 0.6) is 0 Å². The van der Waals surface area contributed by atoms with E-state index in [0.717, 1.165) is 0 Å². The van der Waals surface area contributed by atoms with Gasteiger partial charge in [0.25, 0.3) is 10.2 Å². The molecule has 20 heavy (non-hydrogen) atoms. The molecule has 0 radical (unpaired) electrons. The first-order valence-corrected chi connectivity index (χ1v) is 7.20. The lowest BCUT2D eigenvalue weighted by atomic mass is 10.2. The van der Waals surface area contributed by atoms with Gasteiger partial charge >= 0.3 is 6.18 Å². The van der Waals surface area contributed by atoms with Crippen LogP contribution in [0.4, 0.5) is 18.9 Å². The first-order valence-electron chi connectivity index (χ1n) is 4.94. The molecule has 112 valence electrons. The summed E-state index contributed by atoms with van der Waals surface area (Å²) in [7, 11) is -4.42. The summed E-state index contributed by atoms with van der Waals surface area (Å²) in [5.74, 6) is 0. The maximum atomic E-state index is 12.0. The van der Waals surface area contributed by atoms with E-state index in [2.05, 4.69) is 0 Å². The number of benzene rings is 1. The van der Waals surface area contributed by atoms with Gasteiger partial charge in [-0.1, -0.05) is 29.9 Å². The van der Waals surface area contributed by atoms with Gasteiger partial charge in [0.05, 0.1) is 10.7 Å². The van der Waals surface area contributed by atoms with Gasteiger partial charge in [-0.3, -0.25) is 4.72 Å². The summed E-state index contributed by atoms with van der Waals surface area (Å²) < 4.78 is 62.0. The lowest BCUT2D eigenvalue weighted by Gasteiger charge is -2.13. The van der Waals surface area contributed by atoms with E-state index in [0.29, 0.717) is 5.56 Å². The number of nitrogens with one attached hydrogen (secondary N) is 2. The largest absolute Gasteiger partial charge is 0.402 e. The molecule has 0 aliphatic carbocycles. The molecule has 0 unspecified atom stereocenters. The molecule has 0 aliphatic rings. The van der Waals surface area contributed by atoms with Crippen molar-refractivity contribution < 1.29 is 21.6 Å². The Hall–Kier alpha value is -1.10. The maximum absolute atomic E-state index is 12.0. The van der Waals surface area contributed by atoms with E-state index in [-0.39, 0.29) is 15.7 Å². The van der Waals surface area contributed by atoms with Gasteiger partial charge in [-0.2, -0.15) is 26.3 Å². The maximum Gasteiger partial charge on any atom is 0.402 e. The Bertz CT molecular complexity index is 619. The van der Waals surface area contributed by atoms with Crippen molar-refractivity contribution in [2.75, 3.05) is 11.3 Å². The molecule has 0 saturated heterocycles. The van der Waals surface area contributed by atoms with Crippen molar-refractivity contribution >= 4 is 44.7 Å². The lowest BCUT2D eigenvalue weighted by molar-refractivity contribution is -0.121. The molecule has 11 heteroatoms. The van der Waals surface area contributed by atoms with Gasteiger partial charge in [-0.25, -0.2) is 0 Å². The van der Waals surface area contributed by atoms with Crippen LogP contribution in [-0.4, -0.2) is 26.1 Å². The predicted molar refractivity (Wildman–Crippen MR) is 73.9 cm³/mol. The molecule has 5 nitrogen and oxygen atoms in total. The predicted octanol–water partition coefficient (Wildman–Crippen LogP) is 1.78. The van der Waals surface area contributed by atoms with Gasteiger partial charge in [0, 0.05) is 5.56 Å². The fraction of sp³-hybridized carbons (Fsp3) is 0.222. The zero-order valence-electron chi connectivity index (χ0n) is 9.66. The Morgan fingerprint density at radius 1 is 1.40 bits per heavy atom. The third-order valence-corrected chi connectivity index (χ3v) is 3.54. The van der Waals surface area contributed by atoms with Gasteiger partial charge in [0.1, 0.15) is 11.5 Å². The Morgan fingerprint density at radius 2 is 2.00 bits per heavy atom. The van der Waals surface area contributed by atoms with Gasteiger partial charge in [-0.15, -0.1) is 0 Å². The molecule has 0 amide bonds. The first-order chi connectivity index (χ1) is 9.00. The minimum absolute atomic E-state index is 0.00892. The van der Waals surface area contributed by atoms with E-state index < -0.39 is 22.9 Å². The number of thiocarbonyl (C=S) groups is 1. The summed E-state index contributed by atoms with van der Waals surface area (Å²) in [4.78, 5) is -0.00892. The number of rotatable bonds is 5. The molecule has 0 aromatic heterocycles. The van der Waals surface area contributed by atoms with Crippen LogP contribution in [0.1, 0.15) is 5.56 Å². The van der Waals surface area contributed by atoms with E-state index >= 15 is 0 Å². The minimum atomic E-state index is -4.67. The molecule has 0 spiro atoms. The highest BCUT2D eigenvalue weighted by atomic mass is 35.5. The summed E-state index contributed by atoms with van der Waals surface area (Å²) in [5, 5.41) is -0.0117. The summed E-state index contributed by atoms with van der Waals surface area (Å²) in [5.41, 5.74) is 5.54. The molecule has 0 heterocycles. The van der Waals surface area contributed by atoms with Crippen molar-refractivity contribution in [1.29, 1.82) is 0 Å². The number of anilines is 1.